The zero-order chi connectivity index (χ0) is 18.4. The van der Waals surface area contributed by atoms with E-state index in [4.69, 9.17) is 26.0 Å². The van der Waals surface area contributed by atoms with Crippen LogP contribution in [0.15, 0.2) is 0 Å². The molecule has 0 aromatic carbocycles. The van der Waals surface area contributed by atoms with Gasteiger partial charge in [-0.05, 0) is 13.3 Å². The van der Waals surface area contributed by atoms with Crippen molar-refractivity contribution in [3.8, 4) is 0 Å². The van der Waals surface area contributed by atoms with Crippen LogP contribution < -0.4 is 0 Å². The number of methoxy groups -OCH3 is 1. The summed E-state index contributed by atoms with van der Waals surface area (Å²) in [6, 6.07) is 0. The van der Waals surface area contributed by atoms with Crippen molar-refractivity contribution in [2.45, 2.75) is 31.1 Å². The molecule has 2 N–H and O–H groups in total. The molecule has 0 spiro atoms. The van der Waals surface area contributed by atoms with E-state index in [0.717, 1.165) is 0 Å². The smallest absolute Gasteiger partial charge is 0.425 e. The van der Waals surface area contributed by atoms with Crippen LogP contribution in [0.3, 0.4) is 0 Å². The van der Waals surface area contributed by atoms with Crippen LogP contribution in [0.1, 0.15) is 13.3 Å². The predicted octanol–water partition coefficient (Wildman–Crippen LogP) is -0.459. The molecule has 0 aliphatic carbocycles. The Labute approximate surface area is 146 Å². The van der Waals surface area contributed by atoms with Gasteiger partial charge in [0.15, 0.2) is 9.84 Å². The summed E-state index contributed by atoms with van der Waals surface area (Å²) >= 11 is 5.74. The van der Waals surface area contributed by atoms with E-state index in [-0.39, 0.29) is 19.6 Å². The van der Waals surface area contributed by atoms with Gasteiger partial charge in [0.05, 0.1) is 36.9 Å². The quantitative estimate of drug-likeness (QED) is 0.359. The molecule has 3 unspecified atom stereocenters. The fraction of sp³-hybridized carbons (Fsp3) is 0.923. The maximum Gasteiger partial charge on any atom is 0.425 e. The van der Waals surface area contributed by atoms with Gasteiger partial charge in [-0.3, -0.25) is 0 Å². The molecule has 1 aliphatic rings. The first-order chi connectivity index (χ1) is 11.1. The summed E-state index contributed by atoms with van der Waals surface area (Å²) in [6.07, 6.45) is -3.45. The average molecular weight is 390 g/mol. The topological polar surface area (TPSA) is 123 Å². The van der Waals surface area contributed by atoms with Crippen LogP contribution in [0.5, 0.6) is 0 Å². The van der Waals surface area contributed by atoms with E-state index in [0.29, 0.717) is 17.6 Å². The van der Waals surface area contributed by atoms with Gasteiger partial charge in [-0.25, -0.2) is 17.6 Å². The molecule has 11 heteroatoms. The summed E-state index contributed by atoms with van der Waals surface area (Å²) in [5.74, 6) is -1.13. The summed E-state index contributed by atoms with van der Waals surface area (Å²) in [5, 5.41) is 19.7. The van der Waals surface area contributed by atoms with Gasteiger partial charge in [0.1, 0.15) is 12.1 Å². The number of sulfone groups is 1. The first kappa shape index (κ1) is 21.4. The largest absolute Gasteiger partial charge is 0.446 e. The van der Waals surface area contributed by atoms with Crippen LogP contribution in [-0.2, 0) is 24.0 Å². The zero-order valence-electron chi connectivity index (χ0n) is 13.7. The third-order valence-electron chi connectivity index (χ3n) is 3.53. The van der Waals surface area contributed by atoms with Crippen molar-refractivity contribution in [1.82, 2.24) is 4.42 Å². The van der Waals surface area contributed by atoms with Crippen molar-refractivity contribution < 1.29 is 37.6 Å². The molecule has 1 fully saturated rings. The van der Waals surface area contributed by atoms with Crippen LogP contribution in [0.2, 0.25) is 0 Å². The highest BCUT2D eigenvalue weighted by Gasteiger charge is 2.46. The molecule has 1 saturated heterocycles. The fourth-order valence-electron chi connectivity index (χ4n) is 2.19. The Morgan fingerprint density at radius 3 is 2.54 bits per heavy atom. The minimum atomic E-state index is -3.79. The zero-order valence-corrected chi connectivity index (χ0v) is 15.3. The number of ether oxygens (including phenoxy) is 3. The van der Waals surface area contributed by atoms with Crippen molar-refractivity contribution >= 4 is 27.7 Å². The maximum atomic E-state index is 12.2. The molecule has 24 heavy (non-hydrogen) atoms. The van der Waals surface area contributed by atoms with Crippen LogP contribution in [-0.4, -0.2) is 91.9 Å². The Bertz CT molecular complexity index is 516. The molecule has 1 rings (SSSR count). The Kier molecular flexibility index (Phi) is 8.16. The van der Waals surface area contributed by atoms with Crippen molar-refractivity contribution in [2.24, 2.45) is 0 Å². The van der Waals surface area contributed by atoms with Crippen molar-refractivity contribution in [3.63, 3.8) is 0 Å². The number of nitrogens with zero attached hydrogens (tertiary/aromatic N) is 1. The van der Waals surface area contributed by atoms with Crippen LogP contribution >= 0.6 is 11.8 Å². The molecule has 1 heterocycles. The SMILES string of the molecule is COCCOCCC(O)C(O)CS(=O)(=O)CC1(C)COC(=O)N1Cl. The summed E-state index contributed by atoms with van der Waals surface area (Å²) in [5.41, 5.74) is -1.22. The van der Waals surface area contributed by atoms with E-state index in [9.17, 15) is 23.4 Å². The van der Waals surface area contributed by atoms with Crippen LogP contribution in [0.4, 0.5) is 4.79 Å². The van der Waals surface area contributed by atoms with Gasteiger partial charge in [-0.1, -0.05) is 0 Å². The average Bonchev–Trinajstić information content (AvgIpc) is 2.73. The van der Waals surface area contributed by atoms with Gasteiger partial charge in [0, 0.05) is 25.5 Å². The number of hydrogen-bond donors (Lipinski definition) is 2. The molecule has 0 aromatic heterocycles. The molecule has 0 bridgehead atoms. The lowest BCUT2D eigenvalue weighted by Crippen LogP contribution is -2.47. The highest BCUT2D eigenvalue weighted by Crippen LogP contribution is 2.28. The van der Waals surface area contributed by atoms with E-state index in [1.165, 1.54) is 14.0 Å². The van der Waals surface area contributed by atoms with E-state index >= 15 is 0 Å². The van der Waals surface area contributed by atoms with Gasteiger partial charge in [0.2, 0.25) is 0 Å². The molecular weight excluding hydrogens is 366 g/mol. The van der Waals surface area contributed by atoms with Gasteiger partial charge >= 0.3 is 6.09 Å². The normalized spacial score (nSPS) is 24.0. The lowest BCUT2D eigenvalue weighted by Gasteiger charge is -2.26. The summed E-state index contributed by atoms with van der Waals surface area (Å²) in [4.78, 5) is 11.3. The van der Waals surface area contributed by atoms with Crippen molar-refractivity contribution in [3.05, 3.63) is 0 Å². The third kappa shape index (κ3) is 6.34. The highest BCUT2D eigenvalue weighted by atomic mass is 35.5. The van der Waals surface area contributed by atoms with Crippen LogP contribution in [0, 0.1) is 0 Å². The Morgan fingerprint density at radius 2 is 2.00 bits per heavy atom. The van der Waals surface area contributed by atoms with E-state index < -0.39 is 45.2 Å². The van der Waals surface area contributed by atoms with Gasteiger partial charge in [-0.15, -0.1) is 0 Å². The van der Waals surface area contributed by atoms with E-state index in [2.05, 4.69) is 0 Å². The Hall–Kier alpha value is -0.650. The summed E-state index contributed by atoms with van der Waals surface area (Å²) in [7, 11) is -2.27. The first-order valence-corrected chi connectivity index (χ1v) is 9.53. The Morgan fingerprint density at radius 1 is 1.33 bits per heavy atom. The molecule has 9 nitrogen and oxygen atoms in total. The second-order valence-electron chi connectivity index (χ2n) is 5.92. The fourth-order valence-corrected chi connectivity index (χ4v) is 4.44. The summed E-state index contributed by atoms with van der Waals surface area (Å²) in [6.45, 7) is 2.21. The highest BCUT2D eigenvalue weighted by molar-refractivity contribution is 7.91. The number of cyclic esters (lactones) is 1. The van der Waals surface area contributed by atoms with E-state index in [1.54, 1.807) is 0 Å². The third-order valence-corrected chi connectivity index (χ3v) is 5.99. The molecule has 0 radical (unpaired) electrons. The van der Waals surface area contributed by atoms with Crippen LogP contribution in [0.25, 0.3) is 0 Å². The number of halogens is 1. The monoisotopic (exact) mass is 389 g/mol. The number of aliphatic hydroxyl groups is 2. The predicted molar refractivity (Wildman–Crippen MR) is 85.4 cm³/mol. The molecule has 1 amide bonds. The molecule has 142 valence electrons. The second kappa shape index (κ2) is 9.16. The standard InChI is InChI=1S/C13H24ClNO8S/c1-13(8-23-12(18)15(13)14)9-24(19,20)7-11(17)10(16)3-4-22-6-5-21-2/h10-11,16-17H,3-9H2,1-2H3. The lowest BCUT2D eigenvalue weighted by molar-refractivity contribution is -0.000790. The van der Waals surface area contributed by atoms with Gasteiger partial charge in [-0.2, -0.15) is 0 Å². The first-order valence-electron chi connectivity index (χ1n) is 7.37. The minimum Gasteiger partial charge on any atom is -0.446 e. The van der Waals surface area contributed by atoms with Crippen molar-refractivity contribution in [2.75, 3.05) is 45.0 Å². The van der Waals surface area contributed by atoms with E-state index in [1.807, 2.05) is 0 Å². The maximum absolute atomic E-state index is 12.2. The number of amides is 1. The van der Waals surface area contributed by atoms with Crippen molar-refractivity contribution in [1.29, 1.82) is 0 Å². The number of hydrogen-bond acceptors (Lipinski definition) is 8. The molecule has 0 aromatic rings. The molecule has 1 aliphatic heterocycles. The molecule has 3 atom stereocenters. The Balaban J connectivity index is 2.46. The number of aliphatic hydroxyl groups excluding tert-OH is 2. The van der Waals surface area contributed by atoms with Gasteiger partial charge < -0.3 is 24.4 Å². The summed E-state index contributed by atoms with van der Waals surface area (Å²) < 4.78 is 39.8. The van der Waals surface area contributed by atoms with Gasteiger partial charge in [0.25, 0.3) is 0 Å². The second-order valence-corrected chi connectivity index (χ2v) is 8.36. The number of rotatable bonds is 11. The molecule has 0 saturated carbocycles. The minimum absolute atomic E-state index is 0.0842. The number of carbonyl (C=O) groups excluding carboxylic acids is 1. The number of carbonyl (C=O) groups is 1. The lowest BCUT2D eigenvalue weighted by atomic mass is 10.1. The molecular formula is C13H24ClNO8S.